The van der Waals surface area contributed by atoms with E-state index in [0.29, 0.717) is 0 Å². The van der Waals surface area contributed by atoms with Gasteiger partial charge in [-0.3, -0.25) is 0 Å². The summed E-state index contributed by atoms with van der Waals surface area (Å²) in [6.45, 7) is 9.61. The summed E-state index contributed by atoms with van der Waals surface area (Å²) in [5.41, 5.74) is 2.50. The molecule has 0 fully saturated rings. The lowest BCUT2D eigenvalue weighted by Gasteiger charge is -2.36. The fourth-order valence-electron chi connectivity index (χ4n) is 1.82. The number of fused-ring (bicyclic) bond motifs is 1. The SMILES string of the molecule is Cc1cccc2c1OC(C(C)(C)C)CN2. The van der Waals surface area contributed by atoms with Crippen molar-refractivity contribution in [3.8, 4) is 5.75 Å². The van der Waals surface area contributed by atoms with Crippen LogP contribution in [0.25, 0.3) is 0 Å². The Balaban J connectivity index is 2.30. The molecule has 1 aromatic rings. The van der Waals surface area contributed by atoms with Gasteiger partial charge in [-0.05, 0) is 18.6 Å². The molecule has 0 saturated carbocycles. The number of ether oxygens (including phenoxy) is 1. The molecule has 15 heavy (non-hydrogen) atoms. The van der Waals surface area contributed by atoms with Gasteiger partial charge in [-0.25, -0.2) is 0 Å². The Morgan fingerprint density at radius 2 is 2.07 bits per heavy atom. The number of benzene rings is 1. The van der Waals surface area contributed by atoms with Crippen molar-refractivity contribution in [1.82, 2.24) is 0 Å². The molecule has 0 spiro atoms. The summed E-state index contributed by atoms with van der Waals surface area (Å²) in [6.07, 6.45) is 0.242. The molecule has 0 aromatic heterocycles. The molecule has 1 aromatic carbocycles. The van der Waals surface area contributed by atoms with Gasteiger partial charge in [0, 0.05) is 5.41 Å². The molecule has 0 bridgehead atoms. The van der Waals surface area contributed by atoms with Crippen molar-refractivity contribution in [2.75, 3.05) is 11.9 Å². The van der Waals surface area contributed by atoms with E-state index < -0.39 is 0 Å². The summed E-state index contributed by atoms with van der Waals surface area (Å²) in [5, 5.41) is 3.44. The summed E-state index contributed by atoms with van der Waals surface area (Å²) >= 11 is 0. The Bertz CT molecular complexity index is 365. The van der Waals surface area contributed by atoms with Crippen molar-refractivity contribution < 1.29 is 4.74 Å². The lowest BCUT2D eigenvalue weighted by Crippen LogP contribution is -2.41. The van der Waals surface area contributed by atoms with Gasteiger partial charge in [-0.1, -0.05) is 32.9 Å². The number of anilines is 1. The summed E-state index contributed by atoms with van der Waals surface area (Å²) in [7, 11) is 0. The van der Waals surface area contributed by atoms with Crippen LogP contribution in [0.2, 0.25) is 0 Å². The largest absolute Gasteiger partial charge is 0.486 e. The van der Waals surface area contributed by atoms with E-state index in [1.54, 1.807) is 0 Å². The van der Waals surface area contributed by atoms with Crippen molar-refractivity contribution in [3.05, 3.63) is 23.8 Å². The average molecular weight is 205 g/mol. The van der Waals surface area contributed by atoms with Crippen molar-refractivity contribution in [2.24, 2.45) is 5.41 Å². The molecule has 1 N–H and O–H groups in total. The summed E-state index contributed by atoms with van der Waals surface area (Å²) in [6, 6.07) is 6.22. The maximum absolute atomic E-state index is 6.06. The minimum Gasteiger partial charge on any atom is -0.486 e. The van der Waals surface area contributed by atoms with Crippen LogP contribution in [0.15, 0.2) is 18.2 Å². The van der Waals surface area contributed by atoms with Crippen molar-refractivity contribution in [2.45, 2.75) is 33.8 Å². The number of nitrogens with one attached hydrogen (secondary N) is 1. The van der Waals surface area contributed by atoms with Gasteiger partial charge in [0.15, 0.2) is 0 Å². The van der Waals surface area contributed by atoms with Crippen molar-refractivity contribution >= 4 is 5.69 Å². The summed E-state index contributed by atoms with van der Waals surface area (Å²) in [5.74, 6) is 1.02. The van der Waals surface area contributed by atoms with Crippen molar-refractivity contribution in [1.29, 1.82) is 0 Å². The number of rotatable bonds is 0. The molecule has 0 aliphatic carbocycles. The fraction of sp³-hybridized carbons (Fsp3) is 0.538. The fourth-order valence-corrected chi connectivity index (χ4v) is 1.82. The van der Waals surface area contributed by atoms with Crippen LogP contribution in [0, 0.1) is 12.3 Å². The lowest BCUT2D eigenvalue weighted by atomic mass is 9.88. The van der Waals surface area contributed by atoms with Crippen molar-refractivity contribution in [3.63, 3.8) is 0 Å². The van der Waals surface area contributed by atoms with Crippen LogP contribution in [0.3, 0.4) is 0 Å². The second-order valence-corrected chi connectivity index (χ2v) is 5.31. The van der Waals surface area contributed by atoms with Gasteiger partial charge in [-0.2, -0.15) is 0 Å². The van der Waals surface area contributed by atoms with E-state index in [2.05, 4.69) is 51.2 Å². The molecule has 0 saturated heterocycles. The third-order valence-corrected chi connectivity index (χ3v) is 2.92. The Morgan fingerprint density at radius 1 is 1.33 bits per heavy atom. The zero-order valence-corrected chi connectivity index (χ0v) is 9.92. The highest BCUT2D eigenvalue weighted by atomic mass is 16.5. The number of hydrogen-bond acceptors (Lipinski definition) is 2. The van der Waals surface area contributed by atoms with Gasteiger partial charge in [0.05, 0.1) is 12.2 Å². The molecule has 82 valence electrons. The average Bonchev–Trinajstić information content (AvgIpc) is 2.16. The topological polar surface area (TPSA) is 21.3 Å². The third kappa shape index (κ3) is 1.94. The molecule has 2 nitrogen and oxygen atoms in total. The van der Waals surface area contributed by atoms with Crippen LogP contribution in [0.1, 0.15) is 26.3 Å². The molecule has 1 aliphatic heterocycles. The van der Waals surface area contributed by atoms with Gasteiger partial charge in [0.1, 0.15) is 11.9 Å². The van der Waals surface area contributed by atoms with E-state index in [-0.39, 0.29) is 11.5 Å². The van der Waals surface area contributed by atoms with Crippen LogP contribution in [-0.2, 0) is 0 Å². The molecular formula is C13H19NO. The van der Waals surface area contributed by atoms with Gasteiger partial charge >= 0.3 is 0 Å². The highest BCUT2D eigenvalue weighted by Gasteiger charge is 2.30. The molecule has 2 heteroatoms. The van der Waals surface area contributed by atoms with Crippen LogP contribution in [0.4, 0.5) is 5.69 Å². The molecule has 0 amide bonds. The van der Waals surface area contributed by atoms with Gasteiger partial charge in [-0.15, -0.1) is 0 Å². The van der Waals surface area contributed by atoms with E-state index in [9.17, 15) is 0 Å². The second kappa shape index (κ2) is 3.44. The Kier molecular flexibility index (Phi) is 2.37. The van der Waals surface area contributed by atoms with Gasteiger partial charge < -0.3 is 10.1 Å². The highest BCUT2D eigenvalue weighted by molar-refractivity contribution is 5.61. The van der Waals surface area contributed by atoms with Crippen LogP contribution in [0.5, 0.6) is 5.75 Å². The maximum Gasteiger partial charge on any atom is 0.145 e. The minimum atomic E-state index is 0.174. The molecule has 1 heterocycles. The standard InChI is InChI=1S/C13H19NO/c1-9-6-5-7-10-12(9)15-11(8-14-10)13(2,3)4/h5-7,11,14H,8H2,1-4H3. The molecule has 2 rings (SSSR count). The van der Waals surface area contributed by atoms with Gasteiger partial charge in [0.2, 0.25) is 0 Å². The first-order chi connectivity index (χ1) is 6.98. The normalized spacial score (nSPS) is 20.1. The van der Waals surface area contributed by atoms with E-state index in [1.165, 1.54) is 5.56 Å². The zero-order valence-electron chi connectivity index (χ0n) is 9.92. The first-order valence-corrected chi connectivity index (χ1v) is 5.48. The molecule has 1 aliphatic rings. The van der Waals surface area contributed by atoms with E-state index in [0.717, 1.165) is 18.0 Å². The Labute approximate surface area is 91.6 Å². The zero-order chi connectivity index (χ0) is 11.1. The quantitative estimate of drug-likeness (QED) is 0.702. The Hall–Kier alpha value is -1.18. The van der Waals surface area contributed by atoms with E-state index in [4.69, 9.17) is 4.74 Å². The monoisotopic (exact) mass is 205 g/mol. The number of para-hydroxylation sites is 1. The van der Waals surface area contributed by atoms with E-state index >= 15 is 0 Å². The predicted molar refractivity (Wildman–Crippen MR) is 63.5 cm³/mol. The van der Waals surface area contributed by atoms with Crippen LogP contribution >= 0.6 is 0 Å². The van der Waals surface area contributed by atoms with Crippen LogP contribution < -0.4 is 10.1 Å². The third-order valence-electron chi connectivity index (χ3n) is 2.92. The molecule has 0 radical (unpaired) electrons. The number of hydrogen-bond donors (Lipinski definition) is 1. The minimum absolute atomic E-state index is 0.174. The smallest absolute Gasteiger partial charge is 0.145 e. The maximum atomic E-state index is 6.06. The molecule has 1 atom stereocenters. The first kappa shape index (κ1) is 10.3. The van der Waals surface area contributed by atoms with Gasteiger partial charge in [0.25, 0.3) is 0 Å². The first-order valence-electron chi connectivity index (χ1n) is 5.48. The highest BCUT2D eigenvalue weighted by Crippen LogP contribution is 2.36. The second-order valence-electron chi connectivity index (χ2n) is 5.31. The van der Waals surface area contributed by atoms with Crippen LogP contribution in [-0.4, -0.2) is 12.6 Å². The van der Waals surface area contributed by atoms with E-state index in [1.807, 2.05) is 0 Å². The lowest BCUT2D eigenvalue weighted by molar-refractivity contribution is 0.0915. The molecule has 1 unspecified atom stereocenters. The predicted octanol–water partition coefficient (Wildman–Crippen LogP) is 3.21. The Morgan fingerprint density at radius 3 is 2.73 bits per heavy atom. The summed E-state index contributed by atoms with van der Waals surface area (Å²) < 4.78 is 6.06. The molecular weight excluding hydrogens is 186 g/mol. The number of aryl methyl sites for hydroxylation is 1. The summed E-state index contributed by atoms with van der Waals surface area (Å²) in [4.78, 5) is 0.